The van der Waals surface area contributed by atoms with E-state index in [1.807, 2.05) is 0 Å². The molecule has 0 saturated carbocycles. The first-order chi connectivity index (χ1) is 16.2. The Morgan fingerprint density at radius 1 is 1.43 bits per heavy atom. The van der Waals surface area contributed by atoms with Gasteiger partial charge < -0.3 is 25.1 Å². The summed E-state index contributed by atoms with van der Waals surface area (Å²) in [5.74, 6) is -5.73. The summed E-state index contributed by atoms with van der Waals surface area (Å²) < 4.78 is 6.04. The normalized spacial score (nSPS) is 22.1. The van der Waals surface area contributed by atoms with Crippen molar-refractivity contribution in [2.75, 3.05) is 18.6 Å². The van der Waals surface area contributed by atoms with Gasteiger partial charge in [-0.15, -0.1) is 22.0 Å². The zero-order valence-electron chi connectivity index (χ0n) is 18.7. The Morgan fingerprint density at radius 3 is 2.71 bits per heavy atom. The number of aryl methyl sites for hydroxylation is 1. The second kappa shape index (κ2) is 11.3. The van der Waals surface area contributed by atoms with Crippen LogP contribution in [0, 0.1) is 6.92 Å². The molecule has 1 unspecified atom stereocenters. The van der Waals surface area contributed by atoms with Gasteiger partial charge in [-0.3, -0.25) is 19.3 Å². The number of hydrogen-bond donors (Lipinski definition) is 2. The SMILES string of the molecule is CO[C@@]1(NC(=O)C(C(=O)O)c2ccsc2)C(=O)N2C(C(=O)[O-])=C(CSc3nnc(C)s3)CS[C@@H]21.[Na+]. The van der Waals surface area contributed by atoms with Crippen LogP contribution in [0.1, 0.15) is 16.5 Å². The van der Waals surface area contributed by atoms with Crippen LogP contribution in [0.15, 0.2) is 32.4 Å². The van der Waals surface area contributed by atoms with Crippen LogP contribution in [0.25, 0.3) is 0 Å². The number of β-lactam (4-membered cyclic amide) rings is 1. The molecule has 0 aliphatic carbocycles. The number of rotatable bonds is 9. The summed E-state index contributed by atoms with van der Waals surface area (Å²) in [5.41, 5.74) is -1.45. The van der Waals surface area contributed by atoms with Gasteiger partial charge in [-0.1, -0.05) is 23.1 Å². The summed E-state index contributed by atoms with van der Waals surface area (Å²) in [5, 5.41) is 34.9. The van der Waals surface area contributed by atoms with E-state index in [4.69, 9.17) is 4.74 Å². The van der Waals surface area contributed by atoms with Crippen molar-refractivity contribution in [3.05, 3.63) is 38.7 Å². The number of carboxylic acids is 2. The minimum atomic E-state index is -1.90. The second-order valence-electron chi connectivity index (χ2n) is 7.21. The molecule has 2 aromatic heterocycles. The Bertz CT molecular complexity index is 1190. The molecule has 11 nitrogen and oxygen atoms in total. The fourth-order valence-corrected chi connectivity index (χ4v) is 7.71. The van der Waals surface area contributed by atoms with Gasteiger partial charge in [0.15, 0.2) is 10.3 Å². The molecule has 0 radical (unpaired) electrons. The van der Waals surface area contributed by atoms with Crippen LogP contribution in [0.4, 0.5) is 0 Å². The average molecular weight is 565 g/mol. The predicted molar refractivity (Wildman–Crippen MR) is 123 cm³/mol. The third kappa shape index (κ3) is 5.18. The number of hydrogen-bond acceptors (Lipinski definition) is 12. The number of nitrogens with one attached hydrogen (secondary N) is 1. The number of thiophene rings is 1. The van der Waals surface area contributed by atoms with Gasteiger partial charge in [-0.25, -0.2) is 0 Å². The van der Waals surface area contributed by atoms with E-state index in [9.17, 15) is 29.4 Å². The van der Waals surface area contributed by atoms with E-state index < -0.39 is 40.8 Å². The van der Waals surface area contributed by atoms with E-state index in [1.54, 1.807) is 12.3 Å². The summed E-state index contributed by atoms with van der Waals surface area (Å²) in [7, 11) is 1.20. The number of aromatic nitrogens is 2. The Morgan fingerprint density at radius 2 is 2.17 bits per heavy atom. The number of nitrogens with zero attached hydrogens (tertiary/aromatic N) is 3. The topological polar surface area (TPSA) is 162 Å². The molecule has 2 N–H and O–H groups in total. The smallest absolute Gasteiger partial charge is 0.543 e. The number of aliphatic carboxylic acids is 2. The van der Waals surface area contributed by atoms with E-state index in [-0.39, 0.29) is 52.3 Å². The average Bonchev–Trinajstić information content (AvgIpc) is 3.46. The van der Waals surface area contributed by atoms with Crippen molar-refractivity contribution in [2.24, 2.45) is 0 Å². The molecule has 0 spiro atoms. The molecule has 0 bridgehead atoms. The molecular weight excluding hydrogens is 547 g/mol. The van der Waals surface area contributed by atoms with Gasteiger partial charge in [-0.2, -0.15) is 11.3 Å². The molecule has 2 amide bonds. The van der Waals surface area contributed by atoms with Gasteiger partial charge in [0.1, 0.15) is 10.4 Å². The van der Waals surface area contributed by atoms with Crippen LogP contribution >= 0.6 is 46.2 Å². The zero-order chi connectivity index (χ0) is 24.6. The van der Waals surface area contributed by atoms with Crippen LogP contribution in [0.2, 0.25) is 0 Å². The molecule has 4 heterocycles. The summed E-state index contributed by atoms with van der Waals surface area (Å²) in [6, 6.07) is 1.51. The van der Waals surface area contributed by atoms with E-state index >= 15 is 0 Å². The summed E-state index contributed by atoms with van der Waals surface area (Å²) in [6.07, 6.45) is 0. The number of ether oxygens (including phenoxy) is 1. The Kier molecular flexibility index (Phi) is 9.07. The van der Waals surface area contributed by atoms with Crippen LogP contribution in [-0.4, -0.2) is 73.7 Å². The van der Waals surface area contributed by atoms with Gasteiger partial charge in [0.05, 0.1) is 11.7 Å². The molecule has 2 aromatic rings. The molecule has 16 heteroatoms. The molecule has 1 fully saturated rings. The minimum absolute atomic E-state index is 0. The molecule has 180 valence electrons. The van der Waals surface area contributed by atoms with Crippen molar-refractivity contribution in [1.82, 2.24) is 20.4 Å². The summed E-state index contributed by atoms with van der Waals surface area (Å²) >= 11 is 5.10. The Balaban J connectivity index is 0.00000342. The third-order valence-corrected chi connectivity index (χ3v) is 9.33. The maximum atomic E-state index is 13.2. The van der Waals surface area contributed by atoms with E-state index in [0.29, 0.717) is 9.91 Å². The number of carboxylic acid groups (broad SMARTS) is 2. The van der Waals surface area contributed by atoms with Crippen molar-refractivity contribution in [3.63, 3.8) is 0 Å². The number of methoxy groups -OCH3 is 1. The van der Waals surface area contributed by atoms with Crippen molar-refractivity contribution < 1.29 is 63.7 Å². The molecule has 3 atom stereocenters. The fourth-order valence-electron chi connectivity index (χ4n) is 3.63. The molecule has 2 aliphatic heterocycles. The second-order valence-corrected chi connectivity index (χ2v) is 11.5. The van der Waals surface area contributed by atoms with Gasteiger partial charge in [0.2, 0.25) is 5.91 Å². The molecule has 1 saturated heterocycles. The first kappa shape index (κ1) is 28.1. The van der Waals surface area contributed by atoms with Crippen molar-refractivity contribution >= 4 is 70.0 Å². The quantitative estimate of drug-likeness (QED) is 0.107. The minimum Gasteiger partial charge on any atom is -0.543 e. The summed E-state index contributed by atoms with van der Waals surface area (Å²) in [6.45, 7) is 1.80. The van der Waals surface area contributed by atoms with Crippen LogP contribution in [-0.2, 0) is 23.9 Å². The van der Waals surface area contributed by atoms with E-state index in [0.717, 1.165) is 9.91 Å². The number of amides is 2. The van der Waals surface area contributed by atoms with Gasteiger partial charge >= 0.3 is 35.5 Å². The van der Waals surface area contributed by atoms with Crippen molar-refractivity contribution in [3.8, 4) is 0 Å². The van der Waals surface area contributed by atoms with Crippen molar-refractivity contribution in [2.45, 2.75) is 28.3 Å². The Hall–Kier alpha value is -1.46. The third-order valence-electron chi connectivity index (χ3n) is 5.20. The maximum absolute atomic E-state index is 13.2. The van der Waals surface area contributed by atoms with Gasteiger partial charge in [-0.05, 0) is 34.9 Å². The number of carbonyl (C=O) groups is 4. The predicted octanol–water partition coefficient (Wildman–Crippen LogP) is -2.75. The van der Waals surface area contributed by atoms with Gasteiger partial charge in [0.25, 0.3) is 11.6 Å². The first-order valence-electron chi connectivity index (χ1n) is 9.63. The number of thioether (sulfide) groups is 2. The molecule has 2 aliphatic rings. The van der Waals surface area contributed by atoms with Crippen LogP contribution in [0.3, 0.4) is 0 Å². The fraction of sp³-hybridized carbons (Fsp3) is 0.368. The number of carbonyl (C=O) groups excluding carboxylic acids is 3. The summed E-state index contributed by atoms with van der Waals surface area (Å²) in [4.78, 5) is 50.8. The van der Waals surface area contributed by atoms with Crippen LogP contribution in [0.5, 0.6) is 0 Å². The van der Waals surface area contributed by atoms with Gasteiger partial charge in [0, 0.05) is 18.6 Å². The molecule has 4 rings (SSSR count). The maximum Gasteiger partial charge on any atom is 1.00 e. The van der Waals surface area contributed by atoms with Crippen molar-refractivity contribution in [1.29, 1.82) is 0 Å². The largest absolute Gasteiger partial charge is 1.00 e. The first-order valence-corrected chi connectivity index (χ1v) is 13.4. The monoisotopic (exact) mass is 564 g/mol. The standard InChI is InChI=1S/C19H18N4O7S4.Na/c1-8-21-22-18(34-8)33-7-10-6-32-17-19(30-2,16(29)23(17)12(10)15(27)28)20-13(24)11(14(25)26)9-3-4-31-5-9;/h3-5,11,17H,6-7H2,1-2H3,(H,20,24)(H,25,26)(H,27,28);/q;+1/p-1/t11?,17-,19+;/m1./s1. The molecule has 0 aromatic carbocycles. The molecule has 35 heavy (non-hydrogen) atoms. The van der Waals surface area contributed by atoms with E-state index in [2.05, 4.69) is 15.5 Å². The Labute approximate surface area is 238 Å². The van der Waals surface area contributed by atoms with E-state index in [1.165, 1.54) is 64.8 Å². The molecular formula is C19H17N4NaO7S4. The zero-order valence-corrected chi connectivity index (χ0v) is 23.9. The van der Waals surface area contributed by atoms with Crippen LogP contribution < -0.4 is 40.0 Å². The number of fused-ring (bicyclic) bond motifs is 1.